The molecule has 0 aromatic heterocycles. The van der Waals surface area contributed by atoms with Gasteiger partial charge in [0.05, 0.1) is 4.92 Å². The molecule has 0 fully saturated rings. The smallest absolute Gasteiger partial charge is 0.308 e. The maximum atomic E-state index is 11.8. The number of hydrogen-bond acceptors (Lipinski definition) is 3. The van der Waals surface area contributed by atoms with Crippen LogP contribution in [0.5, 0.6) is 0 Å². The Bertz CT molecular complexity index is 641. The van der Waals surface area contributed by atoms with Crippen molar-refractivity contribution in [2.45, 2.75) is 6.92 Å². The Balaban J connectivity index is 2.05. The van der Waals surface area contributed by atoms with Crippen LogP contribution in [-0.2, 0) is 0 Å². The molecular formula is C14H13N3O3. The minimum atomic E-state index is -0.455. The van der Waals surface area contributed by atoms with Crippen molar-refractivity contribution in [1.82, 2.24) is 0 Å². The summed E-state index contributed by atoms with van der Waals surface area (Å²) in [6.45, 7) is 1.62. The fourth-order valence-electron chi connectivity index (χ4n) is 1.75. The number of nitrogens with one attached hydrogen (secondary N) is 2. The molecule has 0 bridgehead atoms. The second-order valence-corrected chi connectivity index (χ2v) is 4.20. The Labute approximate surface area is 115 Å². The first-order chi connectivity index (χ1) is 9.56. The van der Waals surface area contributed by atoms with Crippen LogP contribution in [0.1, 0.15) is 5.56 Å². The Kier molecular flexibility index (Phi) is 3.95. The van der Waals surface area contributed by atoms with Gasteiger partial charge in [-0.15, -0.1) is 0 Å². The van der Waals surface area contributed by atoms with Crippen molar-refractivity contribution in [1.29, 1.82) is 0 Å². The third-order valence-corrected chi connectivity index (χ3v) is 2.68. The zero-order valence-corrected chi connectivity index (χ0v) is 10.8. The molecule has 0 aliphatic heterocycles. The van der Waals surface area contributed by atoms with Gasteiger partial charge in [0.1, 0.15) is 0 Å². The summed E-state index contributed by atoms with van der Waals surface area (Å²) in [6, 6.07) is 13.0. The number of amides is 2. The van der Waals surface area contributed by atoms with Gasteiger partial charge in [-0.2, -0.15) is 0 Å². The van der Waals surface area contributed by atoms with Crippen molar-refractivity contribution in [2.24, 2.45) is 0 Å². The Morgan fingerprint density at radius 3 is 2.30 bits per heavy atom. The number of carbonyl (C=O) groups is 1. The number of urea groups is 1. The van der Waals surface area contributed by atoms with Crippen molar-refractivity contribution in [3.05, 3.63) is 64.2 Å². The summed E-state index contributed by atoms with van der Waals surface area (Å²) in [5.74, 6) is 0. The molecule has 2 rings (SSSR count). The van der Waals surface area contributed by atoms with E-state index in [2.05, 4.69) is 10.6 Å². The predicted molar refractivity (Wildman–Crippen MR) is 76.9 cm³/mol. The summed E-state index contributed by atoms with van der Waals surface area (Å²) < 4.78 is 0. The molecule has 0 saturated carbocycles. The van der Waals surface area contributed by atoms with Crippen molar-refractivity contribution in [3.63, 3.8) is 0 Å². The number of anilines is 2. The topological polar surface area (TPSA) is 84.3 Å². The maximum Gasteiger partial charge on any atom is 0.323 e. The normalized spacial score (nSPS) is 9.85. The molecule has 0 radical (unpaired) electrons. The zero-order valence-electron chi connectivity index (χ0n) is 10.8. The van der Waals surface area contributed by atoms with Gasteiger partial charge >= 0.3 is 6.03 Å². The highest BCUT2D eigenvalue weighted by Gasteiger charge is 2.11. The Morgan fingerprint density at radius 1 is 1.05 bits per heavy atom. The number of nitro benzene ring substituents is 1. The highest BCUT2D eigenvalue weighted by atomic mass is 16.6. The zero-order chi connectivity index (χ0) is 14.5. The first-order valence-corrected chi connectivity index (χ1v) is 5.94. The highest BCUT2D eigenvalue weighted by molar-refractivity contribution is 5.99. The van der Waals surface area contributed by atoms with E-state index >= 15 is 0 Å². The molecule has 2 aromatic rings. The van der Waals surface area contributed by atoms with Crippen LogP contribution in [0.4, 0.5) is 21.9 Å². The molecule has 0 saturated heterocycles. The van der Waals surface area contributed by atoms with Crippen LogP contribution in [0, 0.1) is 17.0 Å². The average molecular weight is 271 g/mol. The van der Waals surface area contributed by atoms with Crippen molar-refractivity contribution < 1.29 is 9.72 Å². The number of hydrogen-bond donors (Lipinski definition) is 2. The van der Waals surface area contributed by atoms with E-state index in [1.165, 1.54) is 12.1 Å². The van der Waals surface area contributed by atoms with E-state index in [9.17, 15) is 14.9 Å². The van der Waals surface area contributed by atoms with Crippen LogP contribution in [-0.4, -0.2) is 11.0 Å². The summed E-state index contributed by atoms with van der Waals surface area (Å²) in [6.07, 6.45) is 0. The first-order valence-electron chi connectivity index (χ1n) is 5.94. The van der Waals surface area contributed by atoms with Gasteiger partial charge < -0.3 is 10.6 Å². The summed E-state index contributed by atoms with van der Waals surface area (Å²) in [4.78, 5) is 22.0. The molecular weight excluding hydrogens is 258 g/mol. The molecule has 0 spiro atoms. The Hall–Kier alpha value is -2.89. The molecule has 2 aromatic carbocycles. The minimum Gasteiger partial charge on any atom is -0.308 e. The van der Waals surface area contributed by atoms with E-state index in [-0.39, 0.29) is 5.69 Å². The van der Waals surface area contributed by atoms with Crippen LogP contribution in [0.3, 0.4) is 0 Å². The van der Waals surface area contributed by atoms with Gasteiger partial charge in [-0.1, -0.05) is 18.2 Å². The second kappa shape index (κ2) is 5.83. The van der Waals surface area contributed by atoms with E-state index in [1.807, 2.05) is 18.2 Å². The lowest BCUT2D eigenvalue weighted by molar-refractivity contribution is -0.385. The van der Waals surface area contributed by atoms with Crippen LogP contribution in [0.25, 0.3) is 0 Å². The van der Waals surface area contributed by atoms with E-state index in [1.54, 1.807) is 25.1 Å². The molecule has 102 valence electrons. The third-order valence-electron chi connectivity index (χ3n) is 2.68. The van der Waals surface area contributed by atoms with E-state index in [0.29, 0.717) is 16.9 Å². The summed E-state index contributed by atoms with van der Waals surface area (Å²) in [5.41, 5.74) is 1.69. The molecule has 20 heavy (non-hydrogen) atoms. The van der Waals surface area contributed by atoms with Crippen molar-refractivity contribution >= 4 is 23.1 Å². The largest absolute Gasteiger partial charge is 0.323 e. The number of benzene rings is 2. The van der Waals surface area contributed by atoms with Crippen molar-refractivity contribution in [3.8, 4) is 0 Å². The molecule has 6 nitrogen and oxygen atoms in total. The fraction of sp³-hybridized carbons (Fsp3) is 0.0714. The van der Waals surface area contributed by atoms with E-state index in [0.717, 1.165) is 0 Å². The van der Waals surface area contributed by atoms with Gasteiger partial charge in [0.15, 0.2) is 0 Å². The number of nitrogens with zero attached hydrogens (tertiary/aromatic N) is 1. The molecule has 0 aliphatic rings. The molecule has 0 unspecified atom stereocenters. The molecule has 2 amide bonds. The minimum absolute atomic E-state index is 0.0269. The van der Waals surface area contributed by atoms with Gasteiger partial charge in [0, 0.05) is 23.0 Å². The van der Waals surface area contributed by atoms with Crippen LogP contribution < -0.4 is 10.6 Å². The fourth-order valence-corrected chi connectivity index (χ4v) is 1.75. The van der Waals surface area contributed by atoms with Gasteiger partial charge in [0.2, 0.25) is 0 Å². The van der Waals surface area contributed by atoms with Crippen LogP contribution >= 0.6 is 0 Å². The lowest BCUT2D eigenvalue weighted by Crippen LogP contribution is -2.19. The lowest BCUT2D eigenvalue weighted by Gasteiger charge is -2.08. The number of para-hydroxylation sites is 1. The maximum absolute atomic E-state index is 11.8. The SMILES string of the molecule is Cc1cc(NC(=O)Nc2ccccc2)ccc1[N+](=O)[O-]. The summed E-state index contributed by atoms with van der Waals surface area (Å²) in [7, 11) is 0. The highest BCUT2D eigenvalue weighted by Crippen LogP contribution is 2.21. The monoisotopic (exact) mass is 271 g/mol. The van der Waals surface area contributed by atoms with Crippen molar-refractivity contribution in [2.75, 3.05) is 10.6 Å². The Morgan fingerprint density at radius 2 is 1.70 bits per heavy atom. The number of rotatable bonds is 3. The molecule has 0 heterocycles. The molecule has 6 heteroatoms. The van der Waals surface area contributed by atoms with Gasteiger partial charge in [-0.3, -0.25) is 10.1 Å². The predicted octanol–water partition coefficient (Wildman–Crippen LogP) is 3.55. The first kappa shape index (κ1) is 13.5. The standard InChI is InChI=1S/C14H13N3O3/c1-10-9-12(7-8-13(10)17(19)20)16-14(18)15-11-5-3-2-4-6-11/h2-9H,1H3,(H2,15,16,18). The summed E-state index contributed by atoms with van der Waals surface area (Å²) >= 11 is 0. The van der Waals surface area contributed by atoms with E-state index < -0.39 is 11.0 Å². The summed E-state index contributed by atoms with van der Waals surface area (Å²) in [5, 5.41) is 16.0. The van der Waals surface area contributed by atoms with Gasteiger partial charge in [0.25, 0.3) is 5.69 Å². The molecule has 0 aliphatic carbocycles. The van der Waals surface area contributed by atoms with Crippen LogP contribution in [0.15, 0.2) is 48.5 Å². The third kappa shape index (κ3) is 3.32. The lowest BCUT2D eigenvalue weighted by atomic mass is 10.2. The second-order valence-electron chi connectivity index (χ2n) is 4.20. The number of aryl methyl sites for hydroxylation is 1. The van der Waals surface area contributed by atoms with Gasteiger partial charge in [-0.05, 0) is 31.2 Å². The van der Waals surface area contributed by atoms with E-state index in [4.69, 9.17) is 0 Å². The molecule has 2 N–H and O–H groups in total. The molecule has 0 atom stereocenters. The quantitative estimate of drug-likeness (QED) is 0.661. The van der Waals surface area contributed by atoms with Crippen LogP contribution in [0.2, 0.25) is 0 Å². The van der Waals surface area contributed by atoms with Gasteiger partial charge in [-0.25, -0.2) is 4.79 Å². The number of nitro groups is 1. The average Bonchev–Trinajstić information content (AvgIpc) is 2.39. The number of carbonyl (C=O) groups excluding carboxylic acids is 1.